The van der Waals surface area contributed by atoms with Gasteiger partial charge in [-0.15, -0.1) is 0 Å². The number of urea groups is 1. The highest BCUT2D eigenvalue weighted by molar-refractivity contribution is 5.89. The molecule has 1 aromatic heterocycles. The van der Waals surface area contributed by atoms with Crippen LogP contribution < -0.4 is 10.1 Å². The summed E-state index contributed by atoms with van der Waals surface area (Å²) in [5.41, 5.74) is 0.843. The third-order valence-electron chi connectivity index (χ3n) is 4.37. The van der Waals surface area contributed by atoms with Gasteiger partial charge in [-0.25, -0.2) is 4.79 Å². The number of likely N-dealkylation sites (tertiary alicyclic amines) is 1. The van der Waals surface area contributed by atoms with Crippen molar-refractivity contribution < 1.29 is 9.53 Å². The lowest BCUT2D eigenvalue weighted by molar-refractivity contribution is 0.170. The summed E-state index contributed by atoms with van der Waals surface area (Å²) in [4.78, 5) is 18.1. The highest BCUT2D eigenvalue weighted by Crippen LogP contribution is 2.21. The van der Waals surface area contributed by atoms with E-state index in [1.54, 1.807) is 12.4 Å². The van der Waals surface area contributed by atoms with E-state index in [-0.39, 0.29) is 6.03 Å². The number of para-hydroxylation sites is 1. The number of rotatable bonds is 5. The van der Waals surface area contributed by atoms with Gasteiger partial charge >= 0.3 is 6.03 Å². The van der Waals surface area contributed by atoms with Gasteiger partial charge in [-0.2, -0.15) is 0 Å². The van der Waals surface area contributed by atoms with Crippen LogP contribution in [-0.4, -0.2) is 35.6 Å². The second-order valence-corrected chi connectivity index (χ2v) is 6.05. The van der Waals surface area contributed by atoms with Crippen molar-refractivity contribution in [1.82, 2.24) is 9.88 Å². The molecule has 5 heteroatoms. The molecule has 2 heterocycles. The van der Waals surface area contributed by atoms with Gasteiger partial charge in [-0.3, -0.25) is 4.98 Å². The van der Waals surface area contributed by atoms with E-state index in [1.165, 1.54) is 0 Å². The molecule has 1 aromatic carbocycles. The van der Waals surface area contributed by atoms with Crippen molar-refractivity contribution in [3.8, 4) is 5.75 Å². The Morgan fingerprint density at radius 3 is 2.54 bits per heavy atom. The van der Waals surface area contributed by atoms with Crippen LogP contribution in [0.3, 0.4) is 0 Å². The number of nitrogens with zero attached hydrogens (tertiary/aromatic N) is 2. The molecular formula is C19H23N3O2. The van der Waals surface area contributed by atoms with E-state index in [1.807, 2.05) is 47.4 Å². The van der Waals surface area contributed by atoms with Crippen LogP contribution in [0.15, 0.2) is 54.9 Å². The number of piperidine rings is 1. The predicted molar refractivity (Wildman–Crippen MR) is 94.1 cm³/mol. The maximum absolute atomic E-state index is 12.3. The minimum absolute atomic E-state index is 0.00677. The summed E-state index contributed by atoms with van der Waals surface area (Å²) >= 11 is 0. The maximum Gasteiger partial charge on any atom is 0.321 e. The Kier molecular flexibility index (Phi) is 5.66. The second kappa shape index (κ2) is 8.34. The zero-order chi connectivity index (χ0) is 16.6. The van der Waals surface area contributed by atoms with Crippen LogP contribution in [0, 0.1) is 5.92 Å². The molecule has 0 radical (unpaired) electrons. The molecule has 0 bridgehead atoms. The first-order valence-electron chi connectivity index (χ1n) is 8.45. The van der Waals surface area contributed by atoms with Gasteiger partial charge in [0.05, 0.1) is 6.61 Å². The number of hydrogen-bond acceptors (Lipinski definition) is 3. The van der Waals surface area contributed by atoms with E-state index < -0.39 is 0 Å². The van der Waals surface area contributed by atoms with Crippen LogP contribution in [0.25, 0.3) is 0 Å². The number of pyridine rings is 1. The number of benzene rings is 1. The fourth-order valence-corrected chi connectivity index (χ4v) is 2.93. The highest BCUT2D eigenvalue weighted by Gasteiger charge is 2.22. The van der Waals surface area contributed by atoms with Crippen molar-refractivity contribution in [1.29, 1.82) is 0 Å². The van der Waals surface area contributed by atoms with E-state index in [0.29, 0.717) is 12.5 Å². The Labute approximate surface area is 142 Å². The lowest BCUT2D eigenvalue weighted by Gasteiger charge is -2.32. The smallest absolute Gasteiger partial charge is 0.321 e. The third-order valence-corrected chi connectivity index (χ3v) is 4.37. The monoisotopic (exact) mass is 325 g/mol. The number of carbonyl (C=O) groups is 1. The Balaban J connectivity index is 1.37. The summed E-state index contributed by atoms with van der Waals surface area (Å²) in [6.07, 6.45) is 6.55. The van der Waals surface area contributed by atoms with E-state index in [0.717, 1.165) is 43.8 Å². The van der Waals surface area contributed by atoms with Crippen LogP contribution in [-0.2, 0) is 0 Å². The summed E-state index contributed by atoms with van der Waals surface area (Å²) in [5, 5.41) is 2.95. The number of carbonyl (C=O) groups excluding carboxylic acids is 1. The number of aromatic nitrogens is 1. The maximum atomic E-state index is 12.3. The number of anilines is 1. The molecule has 1 saturated heterocycles. The van der Waals surface area contributed by atoms with Crippen molar-refractivity contribution in [3.05, 3.63) is 54.9 Å². The molecule has 5 nitrogen and oxygen atoms in total. The van der Waals surface area contributed by atoms with Gasteiger partial charge in [0, 0.05) is 31.2 Å². The van der Waals surface area contributed by atoms with E-state index >= 15 is 0 Å². The van der Waals surface area contributed by atoms with E-state index in [2.05, 4.69) is 10.3 Å². The van der Waals surface area contributed by atoms with Crippen molar-refractivity contribution >= 4 is 11.7 Å². The van der Waals surface area contributed by atoms with Gasteiger partial charge in [-0.05, 0) is 49.4 Å². The Morgan fingerprint density at radius 2 is 1.83 bits per heavy atom. The van der Waals surface area contributed by atoms with Gasteiger partial charge in [0.1, 0.15) is 5.75 Å². The van der Waals surface area contributed by atoms with E-state index in [4.69, 9.17) is 4.74 Å². The van der Waals surface area contributed by atoms with Crippen LogP contribution in [0.5, 0.6) is 5.75 Å². The van der Waals surface area contributed by atoms with Gasteiger partial charge in [0.15, 0.2) is 0 Å². The molecule has 0 spiro atoms. The predicted octanol–water partition coefficient (Wildman–Crippen LogP) is 3.79. The van der Waals surface area contributed by atoms with Gasteiger partial charge in [-0.1, -0.05) is 18.2 Å². The average molecular weight is 325 g/mol. The molecule has 3 rings (SSSR count). The minimum Gasteiger partial charge on any atom is -0.493 e. The first kappa shape index (κ1) is 16.3. The molecule has 2 aromatic rings. The number of ether oxygens (including phenoxy) is 1. The molecule has 0 unspecified atom stereocenters. The lowest BCUT2D eigenvalue weighted by Crippen LogP contribution is -2.41. The van der Waals surface area contributed by atoms with Crippen molar-refractivity contribution in [2.75, 3.05) is 25.0 Å². The molecule has 0 saturated carbocycles. The van der Waals surface area contributed by atoms with Gasteiger partial charge in [0.25, 0.3) is 0 Å². The standard InChI is InChI=1S/C19H23N3O2/c23-19(21-17-4-2-1-3-5-17)22-13-8-16(9-14-22)10-15-24-18-6-11-20-12-7-18/h1-7,11-12,16H,8-10,13-15H2,(H,21,23). The fourth-order valence-electron chi connectivity index (χ4n) is 2.93. The lowest BCUT2D eigenvalue weighted by atomic mass is 9.94. The number of amides is 2. The van der Waals surface area contributed by atoms with Crippen molar-refractivity contribution in [2.24, 2.45) is 5.92 Å². The quantitative estimate of drug-likeness (QED) is 0.910. The Bertz CT molecular complexity index is 626. The van der Waals surface area contributed by atoms with Crippen LogP contribution in [0.1, 0.15) is 19.3 Å². The first-order chi connectivity index (χ1) is 11.8. The van der Waals surface area contributed by atoms with Crippen molar-refractivity contribution in [2.45, 2.75) is 19.3 Å². The average Bonchev–Trinajstić information content (AvgIpc) is 2.64. The summed E-state index contributed by atoms with van der Waals surface area (Å²) in [7, 11) is 0. The molecule has 1 aliphatic rings. The molecule has 126 valence electrons. The van der Waals surface area contributed by atoms with Crippen LogP contribution in [0.2, 0.25) is 0 Å². The SMILES string of the molecule is O=C(Nc1ccccc1)N1CCC(CCOc2ccncc2)CC1. The minimum atomic E-state index is -0.00677. The molecular weight excluding hydrogens is 302 g/mol. The molecule has 1 N–H and O–H groups in total. The number of hydrogen-bond donors (Lipinski definition) is 1. The highest BCUT2D eigenvalue weighted by atomic mass is 16.5. The zero-order valence-corrected chi connectivity index (χ0v) is 13.7. The van der Waals surface area contributed by atoms with Gasteiger partial charge < -0.3 is 15.0 Å². The first-order valence-corrected chi connectivity index (χ1v) is 8.45. The second-order valence-electron chi connectivity index (χ2n) is 6.05. The summed E-state index contributed by atoms with van der Waals surface area (Å²) in [6, 6.07) is 13.3. The molecule has 24 heavy (non-hydrogen) atoms. The van der Waals surface area contributed by atoms with Crippen LogP contribution >= 0.6 is 0 Å². The fraction of sp³-hybridized carbons (Fsp3) is 0.368. The topological polar surface area (TPSA) is 54.5 Å². The van der Waals surface area contributed by atoms with Crippen molar-refractivity contribution in [3.63, 3.8) is 0 Å². The normalized spacial score (nSPS) is 15.1. The number of nitrogens with one attached hydrogen (secondary N) is 1. The summed E-state index contributed by atoms with van der Waals surface area (Å²) in [6.45, 7) is 2.32. The Morgan fingerprint density at radius 1 is 1.12 bits per heavy atom. The molecule has 0 atom stereocenters. The molecule has 0 aliphatic carbocycles. The molecule has 1 fully saturated rings. The molecule has 2 amide bonds. The Hall–Kier alpha value is -2.56. The summed E-state index contributed by atoms with van der Waals surface area (Å²) in [5.74, 6) is 1.48. The van der Waals surface area contributed by atoms with E-state index in [9.17, 15) is 4.79 Å². The van der Waals surface area contributed by atoms with Gasteiger partial charge in [0.2, 0.25) is 0 Å². The molecule has 1 aliphatic heterocycles. The largest absolute Gasteiger partial charge is 0.493 e. The third kappa shape index (κ3) is 4.72. The summed E-state index contributed by atoms with van der Waals surface area (Å²) < 4.78 is 5.73. The zero-order valence-electron chi connectivity index (χ0n) is 13.7. The van der Waals surface area contributed by atoms with Crippen LogP contribution in [0.4, 0.5) is 10.5 Å².